The Bertz CT molecular complexity index is 91.7. The zero-order chi connectivity index (χ0) is 5.28. The number of nitrogens with one attached hydrogen (secondary N) is 1. The van der Waals surface area contributed by atoms with Gasteiger partial charge in [0.1, 0.15) is 6.61 Å². The minimum absolute atomic E-state index is 0.483. The molecule has 3 heteroatoms. The summed E-state index contributed by atoms with van der Waals surface area (Å²) in [6.45, 7) is 1.15. The molecule has 1 fully saturated rings. The van der Waals surface area contributed by atoms with Crippen molar-refractivity contribution in [2.24, 2.45) is 0 Å². The van der Waals surface area contributed by atoms with Gasteiger partial charge in [-0.2, -0.15) is 5.06 Å². The standard InChI is InChI=1S/C4H8N2O/c1-6-2-4(5)3-7-6/h5H,2-3H2,1H3. The molecule has 1 rings (SSSR count). The predicted molar refractivity (Wildman–Crippen MR) is 26.3 cm³/mol. The molecule has 0 radical (unpaired) electrons. The van der Waals surface area contributed by atoms with E-state index in [0.717, 1.165) is 0 Å². The number of rotatable bonds is 0. The first kappa shape index (κ1) is 4.74. The van der Waals surface area contributed by atoms with E-state index in [9.17, 15) is 0 Å². The third-order valence-corrected chi connectivity index (χ3v) is 0.873. The van der Waals surface area contributed by atoms with Crippen LogP contribution in [0.1, 0.15) is 0 Å². The van der Waals surface area contributed by atoms with Gasteiger partial charge in [-0.15, -0.1) is 0 Å². The quantitative estimate of drug-likeness (QED) is 0.461. The van der Waals surface area contributed by atoms with Gasteiger partial charge < -0.3 is 5.41 Å². The van der Waals surface area contributed by atoms with Crippen LogP contribution < -0.4 is 0 Å². The van der Waals surface area contributed by atoms with E-state index in [-0.39, 0.29) is 0 Å². The van der Waals surface area contributed by atoms with Crippen molar-refractivity contribution in [1.82, 2.24) is 5.06 Å². The molecule has 1 aliphatic rings. The molecular formula is C4H8N2O. The van der Waals surface area contributed by atoms with E-state index in [1.807, 2.05) is 7.05 Å². The summed E-state index contributed by atoms with van der Waals surface area (Å²) < 4.78 is 0. The highest BCUT2D eigenvalue weighted by Gasteiger charge is 2.11. The summed E-state index contributed by atoms with van der Waals surface area (Å²) in [6.07, 6.45) is 0. The monoisotopic (exact) mass is 100 g/mol. The zero-order valence-corrected chi connectivity index (χ0v) is 4.27. The highest BCUT2D eigenvalue weighted by atomic mass is 16.7. The fourth-order valence-corrected chi connectivity index (χ4v) is 0.548. The topological polar surface area (TPSA) is 36.3 Å². The van der Waals surface area contributed by atoms with Crippen molar-refractivity contribution >= 4 is 5.71 Å². The van der Waals surface area contributed by atoms with Gasteiger partial charge in [0.05, 0.1) is 12.3 Å². The van der Waals surface area contributed by atoms with Crippen LogP contribution in [0.3, 0.4) is 0 Å². The summed E-state index contributed by atoms with van der Waals surface area (Å²) >= 11 is 0. The molecule has 0 bridgehead atoms. The lowest BCUT2D eigenvalue weighted by atomic mass is 10.4. The molecule has 0 spiro atoms. The Morgan fingerprint density at radius 1 is 1.86 bits per heavy atom. The van der Waals surface area contributed by atoms with Crippen LogP contribution in [-0.4, -0.2) is 31.0 Å². The third-order valence-electron chi connectivity index (χ3n) is 0.873. The van der Waals surface area contributed by atoms with Crippen LogP contribution in [0.15, 0.2) is 0 Å². The average molecular weight is 100 g/mol. The van der Waals surface area contributed by atoms with Crippen LogP contribution in [-0.2, 0) is 4.84 Å². The van der Waals surface area contributed by atoms with Gasteiger partial charge in [0.15, 0.2) is 0 Å². The Labute approximate surface area is 42.3 Å². The number of hydrogen-bond acceptors (Lipinski definition) is 3. The van der Waals surface area contributed by atoms with E-state index in [4.69, 9.17) is 10.2 Å². The molecule has 1 N–H and O–H groups in total. The van der Waals surface area contributed by atoms with Crippen LogP contribution in [0, 0.1) is 5.41 Å². The second kappa shape index (κ2) is 1.60. The fourth-order valence-electron chi connectivity index (χ4n) is 0.548. The van der Waals surface area contributed by atoms with Gasteiger partial charge in [0.25, 0.3) is 0 Å². The molecule has 0 unspecified atom stereocenters. The summed E-state index contributed by atoms with van der Waals surface area (Å²) in [4.78, 5) is 4.87. The lowest BCUT2D eigenvalue weighted by molar-refractivity contribution is -0.0860. The van der Waals surface area contributed by atoms with E-state index in [0.29, 0.717) is 18.9 Å². The van der Waals surface area contributed by atoms with E-state index in [2.05, 4.69) is 0 Å². The highest BCUT2D eigenvalue weighted by molar-refractivity contribution is 5.85. The minimum atomic E-state index is 0.483. The Morgan fingerprint density at radius 2 is 2.57 bits per heavy atom. The number of hydrogen-bond donors (Lipinski definition) is 1. The van der Waals surface area contributed by atoms with Gasteiger partial charge in [-0.1, -0.05) is 0 Å². The van der Waals surface area contributed by atoms with Gasteiger partial charge in [0.2, 0.25) is 0 Å². The van der Waals surface area contributed by atoms with Crippen molar-refractivity contribution < 1.29 is 4.84 Å². The minimum Gasteiger partial charge on any atom is -0.306 e. The summed E-state index contributed by atoms with van der Waals surface area (Å²) in [5, 5.41) is 8.67. The number of nitrogens with zero attached hydrogens (tertiary/aromatic N) is 1. The largest absolute Gasteiger partial charge is 0.306 e. The summed E-state index contributed by atoms with van der Waals surface area (Å²) in [5.74, 6) is 0. The maximum Gasteiger partial charge on any atom is 0.107 e. The lowest BCUT2D eigenvalue weighted by Gasteiger charge is -2.00. The van der Waals surface area contributed by atoms with E-state index in [1.54, 1.807) is 5.06 Å². The first-order chi connectivity index (χ1) is 3.29. The summed E-state index contributed by atoms with van der Waals surface area (Å²) in [6, 6.07) is 0. The Morgan fingerprint density at radius 3 is 2.71 bits per heavy atom. The van der Waals surface area contributed by atoms with Crippen LogP contribution in [0.25, 0.3) is 0 Å². The van der Waals surface area contributed by atoms with E-state index in [1.165, 1.54) is 0 Å². The van der Waals surface area contributed by atoms with E-state index < -0.39 is 0 Å². The summed E-state index contributed by atoms with van der Waals surface area (Å²) in [5.41, 5.74) is 0.655. The molecule has 1 saturated heterocycles. The maximum atomic E-state index is 7.01. The Kier molecular flexibility index (Phi) is 1.08. The molecule has 3 nitrogen and oxygen atoms in total. The van der Waals surface area contributed by atoms with Crippen molar-refractivity contribution in [3.63, 3.8) is 0 Å². The van der Waals surface area contributed by atoms with Gasteiger partial charge in [-0.25, -0.2) is 0 Å². The molecule has 1 aliphatic heterocycles. The zero-order valence-electron chi connectivity index (χ0n) is 4.27. The lowest BCUT2D eigenvalue weighted by Crippen LogP contribution is -2.11. The predicted octanol–water partition coefficient (Wildman–Crippen LogP) is -0.117. The first-order valence-electron chi connectivity index (χ1n) is 2.19. The second-order valence-electron chi connectivity index (χ2n) is 1.66. The summed E-state index contributed by atoms with van der Waals surface area (Å²) in [7, 11) is 1.82. The Balaban J connectivity index is 2.40. The van der Waals surface area contributed by atoms with E-state index >= 15 is 0 Å². The molecule has 0 aromatic rings. The Hall–Kier alpha value is -0.410. The van der Waals surface area contributed by atoms with Crippen LogP contribution in [0.5, 0.6) is 0 Å². The third kappa shape index (κ3) is 0.976. The van der Waals surface area contributed by atoms with Gasteiger partial charge in [0, 0.05) is 7.05 Å². The van der Waals surface area contributed by atoms with Crippen molar-refractivity contribution in [2.75, 3.05) is 20.2 Å². The molecule has 0 aromatic heterocycles. The first-order valence-corrected chi connectivity index (χ1v) is 2.19. The van der Waals surface area contributed by atoms with Crippen molar-refractivity contribution in [3.8, 4) is 0 Å². The highest BCUT2D eigenvalue weighted by Crippen LogP contribution is 1.94. The molecule has 0 aromatic carbocycles. The fraction of sp³-hybridized carbons (Fsp3) is 0.750. The molecule has 0 atom stereocenters. The second-order valence-corrected chi connectivity index (χ2v) is 1.66. The van der Waals surface area contributed by atoms with Crippen molar-refractivity contribution in [1.29, 1.82) is 5.41 Å². The molecule has 0 saturated carbocycles. The molecule has 0 amide bonds. The molecular weight excluding hydrogens is 92.1 g/mol. The van der Waals surface area contributed by atoms with Gasteiger partial charge in [-0.05, 0) is 0 Å². The maximum absolute atomic E-state index is 7.01. The van der Waals surface area contributed by atoms with Crippen molar-refractivity contribution in [3.05, 3.63) is 0 Å². The van der Waals surface area contributed by atoms with Gasteiger partial charge in [-0.3, -0.25) is 4.84 Å². The van der Waals surface area contributed by atoms with Crippen LogP contribution in [0.2, 0.25) is 0 Å². The smallest absolute Gasteiger partial charge is 0.107 e. The van der Waals surface area contributed by atoms with Crippen LogP contribution >= 0.6 is 0 Å². The molecule has 7 heavy (non-hydrogen) atoms. The van der Waals surface area contributed by atoms with Crippen LogP contribution in [0.4, 0.5) is 0 Å². The molecule has 40 valence electrons. The SMILES string of the molecule is CN1CC(=N)CO1. The van der Waals surface area contributed by atoms with Gasteiger partial charge >= 0.3 is 0 Å². The van der Waals surface area contributed by atoms with Crippen molar-refractivity contribution in [2.45, 2.75) is 0 Å². The molecule has 0 aliphatic carbocycles. The normalized spacial score (nSPS) is 23.9. The molecule has 1 heterocycles. The number of hydroxylamine groups is 2. The average Bonchev–Trinajstić information content (AvgIpc) is 1.87.